The van der Waals surface area contributed by atoms with E-state index in [1.54, 1.807) is 48.0 Å². The van der Waals surface area contributed by atoms with E-state index in [0.29, 0.717) is 23.1 Å². The first-order chi connectivity index (χ1) is 13.0. The number of nitrogens with two attached hydrogens (primary N) is 1. The Kier molecular flexibility index (Phi) is 6.20. The van der Waals surface area contributed by atoms with Gasteiger partial charge in [0.15, 0.2) is 12.4 Å². The van der Waals surface area contributed by atoms with Crippen LogP contribution in [-0.4, -0.2) is 40.0 Å². The Balaban J connectivity index is 1.68. The summed E-state index contributed by atoms with van der Waals surface area (Å²) in [5.41, 5.74) is 8.95. The summed E-state index contributed by atoms with van der Waals surface area (Å²) in [6.07, 6.45) is 0. The normalized spacial score (nSPS) is 10.6. The summed E-state index contributed by atoms with van der Waals surface area (Å²) < 4.78 is 5.39. The average Bonchev–Trinajstić information content (AvgIpc) is 3.18. The fraction of sp³-hybridized carbons (Fsp3) is 0.235. The summed E-state index contributed by atoms with van der Waals surface area (Å²) in [5, 5.41) is 1.99. The van der Waals surface area contributed by atoms with Gasteiger partial charge in [-0.05, 0) is 12.1 Å². The molecule has 8 nitrogen and oxygen atoms in total. The molecule has 0 aliphatic rings. The molecule has 27 heavy (non-hydrogen) atoms. The monoisotopic (exact) mass is 402 g/mol. The highest BCUT2D eigenvalue weighted by atomic mass is 32.2. The van der Waals surface area contributed by atoms with Crippen LogP contribution < -0.4 is 10.6 Å². The van der Waals surface area contributed by atoms with Crippen LogP contribution in [0, 0.1) is 0 Å². The van der Waals surface area contributed by atoms with Crippen molar-refractivity contribution in [3.63, 3.8) is 0 Å². The van der Waals surface area contributed by atoms with Crippen molar-refractivity contribution in [2.45, 2.75) is 17.3 Å². The first-order valence-corrected chi connectivity index (χ1v) is 9.89. The zero-order valence-electron chi connectivity index (χ0n) is 14.8. The minimum atomic E-state index is -0.443. The summed E-state index contributed by atoms with van der Waals surface area (Å²) in [7, 11) is 3.58. The zero-order valence-corrected chi connectivity index (χ0v) is 16.5. The highest BCUT2D eigenvalue weighted by Gasteiger charge is 2.15. The van der Waals surface area contributed by atoms with Gasteiger partial charge in [-0.2, -0.15) is 15.0 Å². The van der Waals surface area contributed by atoms with Gasteiger partial charge in [0.1, 0.15) is 0 Å². The van der Waals surface area contributed by atoms with Crippen molar-refractivity contribution in [3.05, 3.63) is 52.2 Å². The third kappa shape index (κ3) is 5.14. The second kappa shape index (κ2) is 8.78. The fourth-order valence-corrected chi connectivity index (χ4v) is 3.73. The molecule has 140 valence electrons. The Labute approximate surface area is 164 Å². The van der Waals surface area contributed by atoms with E-state index >= 15 is 0 Å². The van der Waals surface area contributed by atoms with Gasteiger partial charge in [-0.15, -0.1) is 23.1 Å². The molecule has 0 spiro atoms. The molecule has 0 saturated heterocycles. The lowest BCUT2D eigenvalue weighted by Crippen LogP contribution is -2.17. The molecular weight excluding hydrogens is 384 g/mol. The van der Waals surface area contributed by atoms with Crippen LogP contribution in [0.5, 0.6) is 0 Å². The number of ether oxygens (including phenoxy) is 1. The summed E-state index contributed by atoms with van der Waals surface area (Å²) in [4.78, 5) is 31.6. The summed E-state index contributed by atoms with van der Waals surface area (Å²) in [6, 6.07) is 7.31. The molecule has 2 N–H and O–H groups in total. The molecule has 0 saturated carbocycles. The zero-order chi connectivity index (χ0) is 19.2. The van der Waals surface area contributed by atoms with Gasteiger partial charge in [0.05, 0.1) is 16.8 Å². The number of rotatable bonds is 7. The lowest BCUT2D eigenvalue weighted by atomic mass is 10.2. The molecule has 3 aromatic rings. The van der Waals surface area contributed by atoms with E-state index in [2.05, 4.69) is 19.9 Å². The topological polar surface area (TPSA) is 107 Å². The maximum atomic E-state index is 12.5. The van der Waals surface area contributed by atoms with Crippen molar-refractivity contribution in [1.82, 2.24) is 19.9 Å². The van der Waals surface area contributed by atoms with Gasteiger partial charge in [0.2, 0.25) is 11.9 Å². The van der Waals surface area contributed by atoms with E-state index in [9.17, 15) is 4.79 Å². The Morgan fingerprint density at radius 1 is 1.26 bits per heavy atom. The number of esters is 1. The molecule has 1 aromatic carbocycles. The molecule has 0 aliphatic heterocycles. The van der Waals surface area contributed by atoms with Crippen LogP contribution in [0.15, 0.2) is 40.1 Å². The Bertz CT molecular complexity index is 918. The number of thioether (sulfide) groups is 1. The molecule has 0 atom stereocenters. The number of aromatic nitrogens is 4. The van der Waals surface area contributed by atoms with Crippen molar-refractivity contribution < 1.29 is 9.53 Å². The van der Waals surface area contributed by atoms with Crippen molar-refractivity contribution >= 4 is 41.0 Å². The molecule has 0 radical (unpaired) electrons. The van der Waals surface area contributed by atoms with Gasteiger partial charge >= 0.3 is 5.97 Å². The van der Waals surface area contributed by atoms with Crippen LogP contribution in [0.2, 0.25) is 0 Å². The molecule has 2 aromatic heterocycles. The number of benzene rings is 1. The number of anilines is 2. The Morgan fingerprint density at radius 2 is 2.07 bits per heavy atom. The lowest BCUT2D eigenvalue weighted by Gasteiger charge is -2.12. The first kappa shape index (κ1) is 19.1. The SMILES string of the molecule is CN(C)c1nc(N)nc(COC(=O)c2ccccc2SCc2cscn2)n1. The summed E-state index contributed by atoms with van der Waals surface area (Å²) >= 11 is 3.09. The van der Waals surface area contributed by atoms with Gasteiger partial charge < -0.3 is 15.4 Å². The summed E-state index contributed by atoms with van der Waals surface area (Å²) in [5.74, 6) is 1.03. The minimum absolute atomic E-state index is 0.0824. The number of hydrogen-bond donors (Lipinski definition) is 1. The maximum Gasteiger partial charge on any atom is 0.339 e. The number of thiazole rings is 1. The van der Waals surface area contributed by atoms with Crippen molar-refractivity contribution in [2.24, 2.45) is 0 Å². The Morgan fingerprint density at radius 3 is 2.81 bits per heavy atom. The van der Waals surface area contributed by atoms with Crippen LogP contribution >= 0.6 is 23.1 Å². The largest absolute Gasteiger partial charge is 0.454 e. The van der Waals surface area contributed by atoms with Crippen LogP contribution in [0.1, 0.15) is 21.9 Å². The highest BCUT2D eigenvalue weighted by Crippen LogP contribution is 2.27. The van der Waals surface area contributed by atoms with Crippen molar-refractivity contribution in [1.29, 1.82) is 0 Å². The molecule has 0 fully saturated rings. The van der Waals surface area contributed by atoms with E-state index in [1.807, 2.05) is 17.5 Å². The molecule has 0 aliphatic carbocycles. The van der Waals surface area contributed by atoms with E-state index in [-0.39, 0.29) is 12.6 Å². The molecular formula is C17H18N6O2S2. The van der Waals surface area contributed by atoms with Gasteiger partial charge in [-0.25, -0.2) is 9.78 Å². The Hall–Kier alpha value is -2.72. The van der Waals surface area contributed by atoms with E-state index in [1.165, 1.54) is 11.8 Å². The van der Waals surface area contributed by atoms with Crippen molar-refractivity contribution in [3.8, 4) is 0 Å². The third-order valence-electron chi connectivity index (χ3n) is 3.39. The standard InChI is InChI=1S/C17H18N6O2S2/c1-23(2)17-21-14(20-16(18)22-17)7-25-15(24)12-5-3-4-6-13(12)27-9-11-8-26-10-19-11/h3-6,8,10H,7,9H2,1-2H3,(H2,18,20,21,22). The molecule has 3 rings (SSSR count). The van der Waals surface area contributed by atoms with Gasteiger partial charge in [0, 0.05) is 30.1 Å². The molecule has 2 heterocycles. The van der Waals surface area contributed by atoms with Crippen LogP contribution in [0.25, 0.3) is 0 Å². The maximum absolute atomic E-state index is 12.5. The number of nitrogen functional groups attached to an aromatic ring is 1. The second-order valence-corrected chi connectivity index (χ2v) is 7.38. The van der Waals surface area contributed by atoms with E-state index in [4.69, 9.17) is 10.5 Å². The highest BCUT2D eigenvalue weighted by molar-refractivity contribution is 7.98. The fourth-order valence-electron chi connectivity index (χ4n) is 2.12. The molecule has 0 amide bonds. The third-order valence-corrected chi connectivity index (χ3v) is 5.13. The average molecular weight is 403 g/mol. The number of carbonyl (C=O) groups is 1. The lowest BCUT2D eigenvalue weighted by molar-refractivity contribution is 0.0458. The predicted molar refractivity (Wildman–Crippen MR) is 106 cm³/mol. The van der Waals surface area contributed by atoms with Gasteiger partial charge in [-0.3, -0.25) is 0 Å². The smallest absolute Gasteiger partial charge is 0.339 e. The number of hydrogen-bond acceptors (Lipinski definition) is 10. The van der Waals surface area contributed by atoms with Crippen LogP contribution in [0.3, 0.4) is 0 Å². The van der Waals surface area contributed by atoms with Crippen LogP contribution in [-0.2, 0) is 17.1 Å². The summed E-state index contributed by atoms with van der Waals surface area (Å²) in [6.45, 7) is -0.0858. The van der Waals surface area contributed by atoms with Gasteiger partial charge in [-0.1, -0.05) is 12.1 Å². The molecule has 0 bridgehead atoms. The first-order valence-electron chi connectivity index (χ1n) is 7.96. The van der Waals surface area contributed by atoms with E-state index in [0.717, 1.165) is 10.6 Å². The predicted octanol–water partition coefficient (Wildman–Crippen LogP) is 2.63. The minimum Gasteiger partial charge on any atom is -0.454 e. The second-order valence-electron chi connectivity index (χ2n) is 5.65. The van der Waals surface area contributed by atoms with Gasteiger partial charge in [0.25, 0.3) is 0 Å². The van der Waals surface area contributed by atoms with Crippen LogP contribution in [0.4, 0.5) is 11.9 Å². The molecule has 10 heteroatoms. The number of carbonyl (C=O) groups excluding carboxylic acids is 1. The quantitative estimate of drug-likeness (QED) is 0.471. The van der Waals surface area contributed by atoms with Crippen molar-refractivity contribution in [2.75, 3.05) is 24.7 Å². The number of nitrogens with zero attached hydrogens (tertiary/aromatic N) is 5. The molecule has 0 unspecified atom stereocenters. The van der Waals surface area contributed by atoms with E-state index < -0.39 is 5.97 Å².